The van der Waals surface area contributed by atoms with E-state index in [0.717, 1.165) is 0 Å². The Bertz CT molecular complexity index is 597. The molecule has 0 radical (unpaired) electrons. The summed E-state index contributed by atoms with van der Waals surface area (Å²) in [5.41, 5.74) is 6.05. The highest BCUT2D eigenvalue weighted by atomic mass is 35.5. The molecule has 1 amide bonds. The highest BCUT2D eigenvalue weighted by Crippen LogP contribution is 2.24. The molecule has 0 aliphatic heterocycles. The van der Waals surface area contributed by atoms with Crippen molar-refractivity contribution in [1.29, 1.82) is 0 Å². The Morgan fingerprint density at radius 2 is 2.24 bits per heavy atom. The summed E-state index contributed by atoms with van der Waals surface area (Å²) < 4.78 is 14.8. The van der Waals surface area contributed by atoms with Gasteiger partial charge in [-0.05, 0) is 6.07 Å². The van der Waals surface area contributed by atoms with Crippen LogP contribution in [0.25, 0.3) is 11.0 Å². The number of carbonyl (C=O) groups is 1. The van der Waals surface area contributed by atoms with E-state index < -0.39 is 11.7 Å². The highest BCUT2D eigenvalue weighted by molar-refractivity contribution is 6.31. The first kappa shape index (κ1) is 12.1. The number of nitrogens with zero attached hydrogens (tertiary/aromatic N) is 2. The van der Waals surface area contributed by atoms with Crippen LogP contribution in [0, 0.1) is 5.82 Å². The minimum atomic E-state index is -0.566. The molecule has 7 heteroatoms. The van der Waals surface area contributed by atoms with E-state index in [9.17, 15) is 9.18 Å². The Labute approximate surface area is 106 Å². The number of halogens is 3. The lowest BCUT2D eigenvalue weighted by Gasteiger charge is -2.04. The molecule has 1 aromatic heterocycles. The van der Waals surface area contributed by atoms with Gasteiger partial charge in [0.2, 0.25) is 5.91 Å². The number of hydrogen-bond acceptors (Lipinski definition) is 2. The monoisotopic (exact) mass is 275 g/mol. The van der Waals surface area contributed by atoms with E-state index in [1.54, 1.807) is 0 Å². The first-order chi connectivity index (χ1) is 8.02. The zero-order chi connectivity index (χ0) is 12.6. The highest BCUT2D eigenvalue weighted by Gasteiger charge is 2.14. The van der Waals surface area contributed by atoms with Crippen molar-refractivity contribution in [3.8, 4) is 0 Å². The smallest absolute Gasteiger partial charge is 0.237 e. The number of rotatable bonds is 3. The molecule has 0 aliphatic rings. The van der Waals surface area contributed by atoms with Crippen molar-refractivity contribution in [3.63, 3.8) is 0 Å². The molecule has 0 fully saturated rings. The predicted molar refractivity (Wildman–Crippen MR) is 63.5 cm³/mol. The summed E-state index contributed by atoms with van der Waals surface area (Å²) in [5, 5.41) is -0.0377. The second-order valence-electron chi connectivity index (χ2n) is 3.47. The van der Waals surface area contributed by atoms with Crippen molar-refractivity contribution in [2.24, 2.45) is 5.73 Å². The molecular weight excluding hydrogens is 268 g/mol. The third-order valence-corrected chi connectivity index (χ3v) is 2.83. The molecule has 2 N–H and O–H groups in total. The first-order valence-electron chi connectivity index (χ1n) is 4.71. The van der Waals surface area contributed by atoms with Crippen molar-refractivity contribution in [3.05, 3.63) is 28.8 Å². The summed E-state index contributed by atoms with van der Waals surface area (Å²) in [5.74, 6) is -0.552. The Kier molecular flexibility index (Phi) is 3.22. The summed E-state index contributed by atoms with van der Waals surface area (Å²) in [4.78, 5) is 15.1. The lowest BCUT2D eigenvalue weighted by atomic mass is 10.3. The molecular formula is C10H8Cl2FN3O. The van der Waals surface area contributed by atoms with Crippen molar-refractivity contribution in [2.45, 2.75) is 12.4 Å². The molecule has 2 aromatic rings. The maximum atomic E-state index is 13.3. The minimum absolute atomic E-state index is 0.0377. The number of aromatic nitrogens is 2. The van der Waals surface area contributed by atoms with E-state index >= 15 is 0 Å². The van der Waals surface area contributed by atoms with E-state index in [1.165, 1.54) is 16.7 Å². The van der Waals surface area contributed by atoms with Gasteiger partial charge in [-0.25, -0.2) is 9.37 Å². The van der Waals surface area contributed by atoms with E-state index in [1.807, 2.05) is 0 Å². The first-order valence-corrected chi connectivity index (χ1v) is 5.62. The van der Waals surface area contributed by atoms with Gasteiger partial charge < -0.3 is 10.3 Å². The molecule has 2 rings (SSSR count). The maximum Gasteiger partial charge on any atom is 0.237 e. The summed E-state index contributed by atoms with van der Waals surface area (Å²) in [6.07, 6.45) is 0. The lowest BCUT2D eigenvalue weighted by molar-refractivity contribution is -0.118. The molecule has 0 atom stereocenters. The van der Waals surface area contributed by atoms with Gasteiger partial charge in [0.05, 0.1) is 21.9 Å². The van der Waals surface area contributed by atoms with Crippen LogP contribution in [-0.4, -0.2) is 15.5 Å². The molecule has 4 nitrogen and oxygen atoms in total. The topological polar surface area (TPSA) is 60.9 Å². The van der Waals surface area contributed by atoms with Crippen LogP contribution < -0.4 is 5.73 Å². The Morgan fingerprint density at radius 3 is 2.82 bits per heavy atom. The number of fused-ring (bicyclic) bond motifs is 1. The summed E-state index contributed by atoms with van der Waals surface area (Å²) in [6, 6.07) is 2.60. The van der Waals surface area contributed by atoms with Crippen LogP contribution in [0.2, 0.25) is 5.02 Å². The van der Waals surface area contributed by atoms with Gasteiger partial charge in [-0.15, -0.1) is 11.6 Å². The Morgan fingerprint density at radius 1 is 1.53 bits per heavy atom. The zero-order valence-electron chi connectivity index (χ0n) is 8.58. The fraction of sp³-hybridized carbons (Fsp3) is 0.200. The number of hydrogen-bond donors (Lipinski definition) is 1. The number of carbonyl (C=O) groups excluding carboxylic acids is 1. The molecule has 0 spiro atoms. The largest absolute Gasteiger partial charge is 0.368 e. The predicted octanol–water partition coefficient (Wildman–Crippen LogP) is 2.05. The molecule has 0 saturated carbocycles. The number of benzene rings is 1. The third kappa shape index (κ3) is 2.21. The van der Waals surface area contributed by atoms with Gasteiger partial charge in [0.25, 0.3) is 0 Å². The zero-order valence-corrected chi connectivity index (χ0v) is 10.1. The average Bonchev–Trinajstić information content (AvgIpc) is 2.57. The van der Waals surface area contributed by atoms with Crippen molar-refractivity contribution < 1.29 is 9.18 Å². The van der Waals surface area contributed by atoms with Gasteiger partial charge in [-0.1, -0.05) is 11.6 Å². The number of nitrogens with two attached hydrogens (primary N) is 1. The van der Waals surface area contributed by atoms with Gasteiger partial charge in [-0.2, -0.15) is 0 Å². The fourth-order valence-corrected chi connectivity index (χ4v) is 1.97. The molecule has 0 saturated heterocycles. The molecule has 0 unspecified atom stereocenters. The van der Waals surface area contributed by atoms with E-state index in [0.29, 0.717) is 16.9 Å². The van der Waals surface area contributed by atoms with Gasteiger partial charge in [0, 0.05) is 6.07 Å². The summed E-state index contributed by atoms with van der Waals surface area (Å²) in [6.45, 7) is -0.0689. The second-order valence-corrected chi connectivity index (χ2v) is 4.14. The third-order valence-electron chi connectivity index (χ3n) is 2.30. The number of primary amides is 1. The van der Waals surface area contributed by atoms with E-state index in [4.69, 9.17) is 28.9 Å². The normalized spacial score (nSPS) is 11.0. The minimum Gasteiger partial charge on any atom is -0.368 e. The van der Waals surface area contributed by atoms with E-state index in [2.05, 4.69) is 4.98 Å². The number of imidazole rings is 1. The number of alkyl halides is 1. The van der Waals surface area contributed by atoms with Crippen LogP contribution in [0.15, 0.2) is 12.1 Å². The molecule has 1 heterocycles. The van der Waals surface area contributed by atoms with Crippen LogP contribution in [0.5, 0.6) is 0 Å². The van der Waals surface area contributed by atoms with Crippen molar-refractivity contribution >= 4 is 40.1 Å². The molecule has 0 aliphatic carbocycles. The molecule has 0 bridgehead atoms. The molecule has 90 valence electrons. The van der Waals surface area contributed by atoms with Crippen molar-refractivity contribution in [1.82, 2.24) is 9.55 Å². The van der Waals surface area contributed by atoms with Gasteiger partial charge in [-0.3, -0.25) is 4.79 Å². The lowest BCUT2D eigenvalue weighted by Crippen LogP contribution is -2.19. The standard InChI is InChI=1S/C10H8Cl2FN3O/c11-3-10-15-7-2-6(13)5(12)1-8(7)16(10)4-9(14)17/h1-2H,3-4H2,(H2,14,17). The average molecular weight is 276 g/mol. The van der Waals surface area contributed by atoms with Gasteiger partial charge in [0.15, 0.2) is 0 Å². The van der Waals surface area contributed by atoms with Crippen LogP contribution in [0.4, 0.5) is 4.39 Å². The fourth-order valence-electron chi connectivity index (χ4n) is 1.60. The maximum absolute atomic E-state index is 13.3. The van der Waals surface area contributed by atoms with Gasteiger partial charge in [0.1, 0.15) is 18.2 Å². The quantitative estimate of drug-likeness (QED) is 0.872. The van der Waals surface area contributed by atoms with E-state index in [-0.39, 0.29) is 17.4 Å². The van der Waals surface area contributed by atoms with Crippen LogP contribution in [0.3, 0.4) is 0 Å². The van der Waals surface area contributed by atoms with Crippen LogP contribution in [0.1, 0.15) is 5.82 Å². The molecule has 17 heavy (non-hydrogen) atoms. The Hall–Kier alpha value is -1.33. The Balaban J connectivity index is 2.69. The summed E-state index contributed by atoms with van der Waals surface area (Å²) in [7, 11) is 0. The molecule has 1 aromatic carbocycles. The second kappa shape index (κ2) is 4.50. The van der Waals surface area contributed by atoms with Crippen molar-refractivity contribution in [2.75, 3.05) is 0 Å². The SMILES string of the molecule is NC(=O)Cn1c(CCl)nc2cc(F)c(Cl)cc21. The van der Waals surface area contributed by atoms with Crippen LogP contribution in [-0.2, 0) is 17.2 Å². The summed E-state index contributed by atoms with van der Waals surface area (Å²) >= 11 is 11.4. The number of amides is 1. The van der Waals surface area contributed by atoms with Crippen LogP contribution >= 0.6 is 23.2 Å². The van der Waals surface area contributed by atoms with Gasteiger partial charge >= 0.3 is 0 Å².